The van der Waals surface area contributed by atoms with Crippen molar-refractivity contribution in [3.8, 4) is 39.6 Å². The molecule has 6 aliphatic carbocycles. The van der Waals surface area contributed by atoms with Crippen molar-refractivity contribution in [1.82, 2.24) is 9.55 Å². The molecule has 3 heterocycles. The minimum Gasteiger partial charge on any atom is -0.457 e. The zero-order chi connectivity index (χ0) is 56.2. The minimum atomic E-state index is -0.0717. The number of anilines is 4. The summed E-state index contributed by atoms with van der Waals surface area (Å²) in [6, 6.07) is 94.9. The summed E-state index contributed by atoms with van der Waals surface area (Å²) in [5.41, 5.74) is 29.6. The van der Waals surface area contributed by atoms with Crippen molar-refractivity contribution in [3.63, 3.8) is 0 Å². The van der Waals surface area contributed by atoms with Crippen LogP contribution < -0.4 is 14.5 Å². The SMILES string of the molecule is CC(C)(C)c1ccnc(-n2c3cc(Oc4cccc(N5CN(c6c(-c7ccccc7)cccc6-c6ccccc6)c6ccc7c(c65)C5c6ccccc6C7c6ccccc65)c4)ccc3c3c4c(ccc32)C2c3ccccc3C4c3ccccc32)c1. The summed E-state index contributed by atoms with van der Waals surface area (Å²) >= 11 is 0. The van der Waals surface area contributed by atoms with E-state index in [0.717, 1.165) is 34.0 Å². The molecule has 1 aliphatic heterocycles. The van der Waals surface area contributed by atoms with Crippen molar-refractivity contribution in [2.45, 2.75) is 49.9 Å². The van der Waals surface area contributed by atoms with Gasteiger partial charge in [0.1, 0.15) is 24.0 Å². The largest absolute Gasteiger partial charge is 0.457 e. The third kappa shape index (κ3) is 7.01. The maximum atomic E-state index is 7.24. The Kier molecular flexibility index (Phi) is 10.3. The van der Waals surface area contributed by atoms with Crippen LogP contribution in [0.1, 0.15) is 117 Å². The van der Waals surface area contributed by atoms with Gasteiger partial charge >= 0.3 is 0 Å². The molecule has 0 unspecified atom stereocenters. The Morgan fingerprint density at radius 2 is 0.918 bits per heavy atom. The molecule has 2 aromatic heterocycles. The van der Waals surface area contributed by atoms with Crippen LogP contribution in [0.2, 0.25) is 0 Å². The van der Waals surface area contributed by atoms with E-state index in [1.165, 1.54) is 122 Å². The van der Waals surface area contributed by atoms with Gasteiger partial charge < -0.3 is 14.5 Å². The van der Waals surface area contributed by atoms with E-state index in [2.05, 4.69) is 290 Å². The highest BCUT2D eigenvalue weighted by molar-refractivity contribution is 6.13. The maximum absolute atomic E-state index is 7.24. The first-order valence-electron chi connectivity index (χ1n) is 30.0. The van der Waals surface area contributed by atoms with Gasteiger partial charge in [-0.2, -0.15) is 0 Å². The summed E-state index contributed by atoms with van der Waals surface area (Å²) in [6.45, 7) is 7.43. The molecule has 0 spiro atoms. The lowest BCUT2D eigenvalue weighted by atomic mass is 9.60. The standard InChI is InChI=1S/C80H58N4O/c1-80(2,3)50-42-43-81-70(44-50)84-67-40-38-65-71-56-26-10-14-30-60(56)73(61-31-15-11-27-57(61)71)76(65)75(67)64-37-36-53(46-69(64)84)85-52-25-18-24-51(45-52)82-47-83(78-54(48-20-6-4-7-21-48)34-19-35-55(78)49-22-8-5-9-23-49)68-41-39-66-72-58-28-12-16-32-62(58)74(77(66)79(68)82)63-33-17-13-29-59(63)72/h4-46,71-74H,47H2,1-3H3. The number of ether oxygens (including phenoxy) is 1. The van der Waals surface area contributed by atoms with Crippen molar-refractivity contribution in [1.29, 1.82) is 0 Å². The van der Waals surface area contributed by atoms with Crippen LogP contribution in [0.3, 0.4) is 0 Å². The minimum absolute atomic E-state index is 0.0598. The first-order chi connectivity index (χ1) is 41.8. The summed E-state index contributed by atoms with van der Waals surface area (Å²) in [6.07, 6.45) is 1.98. The molecule has 0 radical (unpaired) electrons. The fraction of sp³-hybridized carbons (Fsp3) is 0.113. The average Bonchev–Trinajstić information content (AvgIpc) is 1.73. The first kappa shape index (κ1) is 48.3. The average molecular weight is 1090 g/mol. The molecule has 4 bridgehead atoms. The highest BCUT2D eigenvalue weighted by Gasteiger charge is 2.47. The van der Waals surface area contributed by atoms with Crippen LogP contribution >= 0.6 is 0 Å². The van der Waals surface area contributed by atoms with Gasteiger partial charge in [-0.25, -0.2) is 4.98 Å². The predicted molar refractivity (Wildman–Crippen MR) is 346 cm³/mol. The zero-order valence-corrected chi connectivity index (χ0v) is 47.5. The molecule has 0 atom stereocenters. The van der Waals surface area contributed by atoms with Gasteiger partial charge in [-0.15, -0.1) is 0 Å². The van der Waals surface area contributed by atoms with Crippen LogP contribution in [0.15, 0.2) is 261 Å². The van der Waals surface area contributed by atoms with Gasteiger partial charge in [0.05, 0.1) is 28.1 Å². The second-order valence-electron chi connectivity index (χ2n) is 24.8. The van der Waals surface area contributed by atoms with Gasteiger partial charge in [-0.3, -0.25) is 4.57 Å². The smallest absolute Gasteiger partial charge is 0.137 e. The molecule has 13 aromatic rings. The van der Waals surface area contributed by atoms with E-state index in [9.17, 15) is 0 Å². The Bertz CT molecular complexity index is 4780. The molecule has 7 aliphatic rings. The van der Waals surface area contributed by atoms with E-state index in [0.29, 0.717) is 6.67 Å². The van der Waals surface area contributed by atoms with Crippen molar-refractivity contribution in [3.05, 3.63) is 333 Å². The molecule has 404 valence electrons. The molecule has 20 rings (SSSR count). The van der Waals surface area contributed by atoms with E-state index < -0.39 is 0 Å². The van der Waals surface area contributed by atoms with E-state index in [-0.39, 0.29) is 29.1 Å². The molecule has 0 saturated heterocycles. The van der Waals surface area contributed by atoms with Crippen LogP contribution in [0.4, 0.5) is 22.7 Å². The van der Waals surface area contributed by atoms with Gasteiger partial charge in [0.25, 0.3) is 0 Å². The molecule has 85 heavy (non-hydrogen) atoms. The number of para-hydroxylation sites is 1. The van der Waals surface area contributed by atoms with E-state index >= 15 is 0 Å². The molecule has 11 aromatic carbocycles. The van der Waals surface area contributed by atoms with Crippen molar-refractivity contribution >= 4 is 44.6 Å². The van der Waals surface area contributed by atoms with Gasteiger partial charge in [0, 0.05) is 69.6 Å². The lowest BCUT2D eigenvalue weighted by molar-refractivity contribution is 0.483. The van der Waals surface area contributed by atoms with Gasteiger partial charge in [0.2, 0.25) is 0 Å². The Labute approximate surface area is 495 Å². The Hall–Kier alpha value is -10.2. The van der Waals surface area contributed by atoms with Gasteiger partial charge in [-0.05, 0) is 137 Å². The van der Waals surface area contributed by atoms with Crippen molar-refractivity contribution < 1.29 is 4.74 Å². The molecule has 0 fully saturated rings. The summed E-state index contributed by atoms with van der Waals surface area (Å²) in [7, 11) is 0. The summed E-state index contributed by atoms with van der Waals surface area (Å²) in [5, 5.41) is 2.48. The molecular formula is C80H58N4O. The summed E-state index contributed by atoms with van der Waals surface area (Å²) < 4.78 is 9.63. The van der Waals surface area contributed by atoms with E-state index in [4.69, 9.17) is 9.72 Å². The van der Waals surface area contributed by atoms with Crippen molar-refractivity contribution in [2.24, 2.45) is 0 Å². The second kappa shape index (κ2) is 18.1. The quantitative estimate of drug-likeness (QED) is 0.159. The van der Waals surface area contributed by atoms with E-state index in [1.54, 1.807) is 0 Å². The topological polar surface area (TPSA) is 33.5 Å². The molecule has 0 N–H and O–H groups in total. The molecule has 0 amide bonds. The molecule has 5 heteroatoms. The Balaban J connectivity index is 0.810. The number of nitrogens with zero attached hydrogens (tertiary/aromatic N) is 4. The maximum Gasteiger partial charge on any atom is 0.137 e. The highest BCUT2D eigenvalue weighted by atomic mass is 16.5. The number of hydrogen-bond acceptors (Lipinski definition) is 4. The highest BCUT2D eigenvalue weighted by Crippen LogP contribution is 2.63. The third-order valence-electron chi connectivity index (χ3n) is 19.4. The molecule has 0 saturated carbocycles. The van der Waals surface area contributed by atoms with Gasteiger partial charge in [-0.1, -0.05) is 215 Å². The number of pyridine rings is 1. The number of rotatable bonds is 7. The predicted octanol–water partition coefficient (Wildman–Crippen LogP) is 19.8. The Morgan fingerprint density at radius 1 is 0.400 bits per heavy atom. The summed E-state index contributed by atoms with van der Waals surface area (Å²) in [4.78, 5) is 10.3. The lowest BCUT2D eigenvalue weighted by Crippen LogP contribution is -2.29. The van der Waals surface area contributed by atoms with Crippen LogP contribution in [0.5, 0.6) is 11.5 Å². The number of fused-ring (bicyclic) bond motifs is 4. The van der Waals surface area contributed by atoms with Crippen LogP contribution in [0, 0.1) is 0 Å². The van der Waals surface area contributed by atoms with Gasteiger partial charge in [0.15, 0.2) is 0 Å². The zero-order valence-electron chi connectivity index (χ0n) is 47.5. The normalized spacial score (nSPS) is 17.3. The number of aromatic nitrogens is 2. The summed E-state index contributed by atoms with van der Waals surface area (Å²) in [5.74, 6) is 2.90. The van der Waals surface area contributed by atoms with Crippen LogP contribution in [0.25, 0.3) is 49.9 Å². The lowest BCUT2D eigenvalue weighted by Gasteiger charge is -2.43. The van der Waals surface area contributed by atoms with Crippen LogP contribution in [-0.2, 0) is 5.41 Å². The first-order valence-corrected chi connectivity index (χ1v) is 30.0. The fourth-order valence-corrected chi connectivity index (χ4v) is 15.9. The third-order valence-corrected chi connectivity index (χ3v) is 19.4. The molecule has 5 nitrogen and oxygen atoms in total. The number of benzene rings is 11. The monoisotopic (exact) mass is 1090 g/mol. The Morgan fingerprint density at radius 3 is 1.51 bits per heavy atom. The second-order valence-corrected chi connectivity index (χ2v) is 24.8. The van der Waals surface area contributed by atoms with Crippen molar-refractivity contribution in [2.75, 3.05) is 16.5 Å². The molecular weight excluding hydrogens is 1030 g/mol. The van der Waals surface area contributed by atoms with Crippen LogP contribution in [-0.4, -0.2) is 16.2 Å². The fourth-order valence-electron chi connectivity index (χ4n) is 15.9. The number of hydrogen-bond donors (Lipinski definition) is 0. The van der Waals surface area contributed by atoms with E-state index in [1.807, 2.05) is 6.20 Å².